The summed E-state index contributed by atoms with van der Waals surface area (Å²) < 4.78 is 6.03. The molecule has 2 aromatic heterocycles. The number of ether oxygens (including phenoxy) is 1. The molecule has 0 N–H and O–H groups in total. The van der Waals surface area contributed by atoms with Gasteiger partial charge in [0.25, 0.3) is 0 Å². The Labute approximate surface area is 138 Å². The molecule has 3 rings (SSSR count). The second kappa shape index (κ2) is 5.72. The van der Waals surface area contributed by atoms with Gasteiger partial charge in [-0.2, -0.15) is 4.98 Å². The predicted molar refractivity (Wildman–Crippen MR) is 86.6 cm³/mol. The van der Waals surface area contributed by atoms with Gasteiger partial charge in [-0.3, -0.25) is 4.57 Å². The summed E-state index contributed by atoms with van der Waals surface area (Å²) in [7, 11) is 1.30. The van der Waals surface area contributed by atoms with Crippen molar-refractivity contribution in [2.45, 2.75) is 0 Å². The predicted octanol–water partition coefficient (Wildman–Crippen LogP) is 3.54. The molecule has 0 radical (unpaired) electrons. The van der Waals surface area contributed by atoms with Gasteiger partial charge in [-0.05, 0) is 24.3 Å². The summed E-state index contributed by atoms with van der Waals surface area (Å²) in [6.45, 7) is 0. The van der Waals surface area contributed by atoms with Crippen LogP contribution in [0.3, 0.4) is 0 Å². The number of methoxy groups -OCH3 is 1. The van der Waals surface area contributed by atoms with Crippen molar-refractivity contribution in [2.75, 3.05) is 7.11 Å². The maximum absolute atomic E-state index is 12.2. The molecule has 0 atom stereocenters. The molecule has 0 aliphatic carbocycles. The Kier molecular flexibility index (Phi) is 3.90. The smallest absolute Gasteiger partial charge is 0.354 e. The second-order valence-electron chi connectivity index (χ2n) is 4.35. The lowest BCUT2D eigenvalue weighted by Gasteiger charge is -2.08. The zero-order chi connectivity index (χ0) is 15.9. The number of esters is 1. The fraction of sp³-hybridized carbons (Fsp3) is 0.0714. The highest BCUT2D eigenvalue weighted by molar-refractivity contribution is 7.12. The number of benzene rings is 1. The van der Waals surface area contributed by atoms with Gasteiger partial charge in [-0.15, -0.1) is 11.3 Å². The third-order valence-corrected chi connectivity index (χ3v) is 4.47. The largest absolute Gasteiger partial charge is 0.465 e. The van der Waals surface area contributed by atoms with Crippen LogP contribution in [0, 0.1) is 0 Å². The molecular weight excluding hydrogens is 347 g/mol. The Hall–Kier alpha value is -1.89. The van der Waals surface area contributed by atoms with Crippen molar-refractivity contribution < 1.29 is 9.53 Å². The molecule has 0 bridgehead atoms. The molecule has 0 fully saturated rings. The van der Waals surface area contributed by atoms with E-state index >= 15 is 0 Å². The zero-order valence-corrected chi connectivity index (χ0v) is 13.5. The highest BCUT2D eigenvalue weighted by Crippen LogP contribution is 2.27. The Morgan fingerprint density at radius 1 is 1.32 bits per heavy atom. The summed E-state index contributed by atoms with van der Waals surface area (Å²) in [4.78, 5) is 27.6. The van der Waals surface area contributed by atoms with Crippen LogP contribution < -0.4 is 5.69 Å². The van der Waals surface area contributed by atoms with Crippen LogP contribution in [-0.2, 0) is 4.74 Å². The van der Waals surface area contributed by atoms with Gasteiger partial charge in [0, 0.05) is 15.8 Å². The number of fused-ring (bicyclic) bond motifs is 1. The number of rotatable bonds is 2. The molecule has 22 heavy (non-hydrogen) atoms. The average molecular weight is 355 g/mol. The molecule has 3 aromatic rings. The SMILES string of the molecule is COC(=O)c1csc(-n2c(=O)nc(Cl)c3ccc(Cl)cc32)c1. The minimum absolute atomic E-state index is 0.109. The van der Waals surface area contributed by atoms with Gasteiger partial charge < -0.3 is 4.74 Å². The minimum atomic E-state index is -0.543. The van der Waals surface area contributed by atoms with Gasteiger partial charge in [-0.25, -0.2) is 9.59 Å². The highest BCUT2D eigenvalue weighted by atomic mass is 35.5. The minimum Gasteiger partial charge on any atom is -0.465 e. The molecule has 0 saturated carbocycles. The third-order valence-electron chi connectivity index (χ3n) is 3.04. The van der Waals surface area contributed by atoms with E-state index in [1.54, 1.807) is 29.6 Å². The van der Waals surface area contributed by atoms with Crippen molar-refractivity contribution in [2.24, 2.45) is 0 Å². The van der Waals surface area contributed by atoms with Crippen LogP contribution in [0.5, 0.6) is 0 Å². The molecule has 8 heteroatoms. The van der Waals surface area contributed by atoms with Crippen LogP contribution in [-0.4, -0.2) is 22.6 Å². The Balaban J connectivity index is 2.30. The van der Waals surface area contributed by atoms with Crippen LogP contribution in [0.2, 0.25) is 10.2 Å². The molecule has 0 spiro atoms. The summed E-state index contributed by atoms with van der Waals surface area (Å²) in [5.74, 6) is -0.472. The number of nitrogens with zero attached hydrogens (tertiary/aromatic N) is 2. The van der Waals surface area contributed by atoms with Crippen LogP contribution in [0.4, 0.5) is 0 Å². The van der Waals surface area contributed by atoms with Crippen molar-refractivity contribution in [1.29, 1.82) is 0 Å². The van der Waals surface area contributed by atoms with E-state index in [-0.39, 0.29) is 5.15 Å². The van der Waals surface area contributed by atoms with Crippen LogP contribution in [0.15, 0.2) is 34.4 Å². The van der Waals surface area contributed by atoms with Crippen LogP contribution in [0.1, 0.15) is 10.4 Å². The lowest BCUT2D eigenvalue weighted by molar-refractivity contribution is 0.0601. The first-order chi connectivity index (χ1) is 10.5. The Morgan fingerprint density at radius 3 is 2.82 bits per heavy atom. The van der Waals surface area contributed by atoms with Crippen LogP contribution in [0.25, 0.3) is 15.9 Å². The number of carbonyl (C=O) groups is 1. The van der Waals surface area contributed by atoms with E-state index < -0.39 is 11.7 Å². The summed E-state index contributed by atoms with van der Waals surface area (Å²) in [6, 6.07) is 6.55. The Bertz CT molecular complexity index is 949. The summed E-state index contributed by atoms with van der Waals surface area (Å²) >= 11 is 13.2. The standard InChI is InChI=1S/C14H8Cl2N2O3S/c1-21-13(19)7-4-11(22-6-7)18-10-5-8(15)2-3-9(10)12(16)17-14(18)20/h2-6H,1H3. The van der Waals surface area contributed by atoms with Crippen molar-refractivity contribution >= 4 is 51.4 Å². The number of hydrogen-bond donors (Lipinski definition) is 0. The van der Waals surface area contributed by atoms with E-state index in [4.69, 9.17) is 23.2 Å². The molecule has 0 unspecified atom stereocenters. The van der Waals surface area contributed by atoms with Gasteiger partial charge in [0.2, 0.25) is 0 Å². The molecule has 112 valence electrons. The maximum Gasteiger partial charge on any atom is 0.354 e. The molecule has 0 aliphatic rings. The van der Waals surface area contributed by atoms with Gasteiger partial charge in [-0.1, -0.05) is 23.2 Å². The second-order valence-corrected chi connectivity index (χ2v) is 6.03. The maximum atomic E-state index is 12.2. The number of halogens is 2. The third kappa shape index (κ3) is 2.49. The first-order valence-corrected chi connectivity index (χ1v) is 7.70. The van der Waals surface area contributed by atoms with E-state index in [0.29, 0.717) is 26.5 Å². The number of hydrogen-bond acceptors (Lipinski definition) is 5. The number of aromatic nitrogens is 2. The lowest BCUT2D eigenvalue weighted by atomic mass is 10.2. The van der Waals surface area contributed by atoms with Gasteiger partial charge in [0.15, 0.2) is 0 Å². The summed E-state index contributed by atoms with van der Waals surface area (Å²) in [6.07, 6.45) is 0. The van der Waals surface area contributed by atoms with E-state index in [1.165, 1.54) is 23.0 Å². The molecule has 0 saturated heterocycles. The molecule has 0 amide bonds. The Morgan fingerprint density at radius 2 is 2.09 bits per heavy atom. The average Bonchev–Trinajstić information content (AvgIpc) is 2.95. The fourth-order valence-corrected chi connectivity index (χ4v) is 3.33. The number of thiophene rings is 1. The normalized spacial score (nSPS) is 10.9. The van der Waals surface area contributed by atoms with Gasteiger partial charge in [0.05, 0.1) is 18.2 Å². The topological polar surface area (TPSA) is 61.2 Å². The van der Waals surface area contributed by atoms with E-state index in [1.807, 2.05) is 0 Å². The first kappa shape index (κ1) is 15.0. The van der Waals surface area contributed by atoms with Crippen molar-refractivity contribution in [3.05, 3.63) is 55.9 Å². The van der Waals surface area contributed by atoms with E-state index in [2.05, 4.69) is 9.72 Å². The summed E-state index contributed by atoms with van der Waals surface area (Å²) in [5, 5.41) is 3.31. The van der Waals surface area contributed by atoms with Crippen LogP contribution >= 0.6 is 34.5 Å². The van der Waals surface area contributed by atoms with Crippen molar-refractivity contribution in [1.82, 2.24) is 9.55 Å². The van der Waals surface area contributed by atoms with Crippen molar-refractivity contribution in [3.8, 4) is 5.00 Å². The quantitative estimate of drug-likeness (QED) is 0.521. The molecule has 0 aliphatic heterocycles. The summed E-state index contributed by atoms with van der Waals surface area (Å²) in [5.41, 5.74) is 0.341. The van der Waals surface area contributed by atoms with Gasteiger partial charge >= 0.3 is 11.7 Å². The van der Waals surface area contributed by atoms with Gasteiger partial charge in [0.1, 0.15) is 10.2 Å². The fourth-order valence-electron chi connectivity index (χ4n) is 2.04. The molecule has 5 nitrogen and oxygen atoms in total. The lowest BCUT2D eigenvalue weighted by Crippen LogP contribution is -2.21. The monoisotopic (exact) mass is 354 g/mol. The highest BCUT2D eigenvalue weighted by Gasteiger charge is 2.15. The van der Waals surface area contributed by atoms with E-state index in [0.717, 1.165) is 0 Å². The molecule has 2 heterocycles. The first-order valence-electron chi connectivity index (χ1n) is 6.06. The van der Waals surface area contributed by atoms with Crippen molar-refractivity contribution in [3.63, 3.8) is 0 Å². The molecule has 1 aromatic carbocycles. The molecular formula is C14H8Cl2N2O3S. The number of carbonyl (C=O) groups excluding carboxylic acids is 1. The van der Waals surface area contributed by atoms with E-state index in [9.17, 15) is 9.59 Å². The zero-order valence-electron chi connectivity index (χ0n) is 11.2.